The Morgan fingerprint density at radius 1 is 1.32 bits per heavy atom. The number of hydrogen-bond donors (Lipinski definition) is 1. The van der Waals surface area contributed by atoms with Crippen LogP contribution in [-0.4, -0.2) is 48.7 Å². The standard InChI is InChI=1S/C14H15F3N2O3/c15-14(16,17)9-18-13(21)11-7-22-8-12(20)19(11)6-10-4-2-1-3-5-10/h1-5,11H,6-9H2,(H,18,21)/t11-/m0/s1. The number of nitrogens with zero attached hydrogens (tertiary/aromatic N) is 1. The Hall–Kier alpha value is -2.09. The SMILES string of the molecule is O=C(NCC(F)(F)F)[C@@H]1COCC(=O)N1Cc1ccccc1. The van der Waals surface area contributed by atoms with E-state index in [1.807, 2.05) is 0 Å². The van der Waals surface area contributed by atoms with Crippen LogP contribution in [0, 0.1) is 0 Å². The number of amides is 2. The summed E-state index contributed by atoms with van der Waals surface area (Å²) in [7, 11) is 0. The van der Waals surface area contributed by atoms with E-state index in [2.05, 4.69) is 0 Å². The third-order valence-electron chi connectivity index (χ3n) is 3.16. The number of benzene rings is 1. The first-order chi connectivity index (χ1) is 10.4. The Balaban J connectivity index is 2.06. The van der Waals surface area contributed by atoms with Gasteiger partial charge in [-0.3, -0.25) is 9.59 Å². The first-order valence-corrected chi connectivity index (χ1v) is 6.62. The van der Waals surface area contributed by atoms with Crippen LogP contribution in [-0.2, 0) is 20.9 Å². The Bertz CT molecular complexity index is 534. The number of halogens is 3. The molecule has 0 aromatic heterocycles. The monoisotopic (exact) mass is 316 g/mol. The minimum Gasteiger partial charge on any atom is -0.369 e. The van der Waals surface area contributed by atoms with Gasteiger partial charge in [0.15, 0.2) is 0 Å². The molecule has 1 aromatic rings. The van der Waals surface area contributed by atoms with Crippen LogP contribution in [0.1, 0.15) is 5.56 Å². The van der Waals surface area contributed by atoms with E-state index in [-0.39, 0.29) is 19.8 Å². The number of alkyl halides is 3. The Morgan fingerprint density at radius 3 is 2.64 bits per heavy atom. The van der Waals surface area contributed by atoms with E-state index in [0.29, 0.717) is 0 Å². The molecule has 5 nitrogen and oxygen atoms in total. The van der Waals surface area contributed by atoms with E-state index in [1.54, 1.807) is 35.6 Å². The largest absolute Gasteiger partial charge is 0.405 e. The van der Waals surface area contributed by atoms with Crippen molar-refractivity contribution in [3.05, 3.63) is 35.9 Å². The molecule has 2 rings (SSSR count). The fraction of sp³-hybridized carbons (Fsp3) is 0.429. The second-order valence-corrected chi connectivity index (χ2v) is 4.87. The second-order valence-electron chi connectivity index (χ2n) is 4.87. The van der Waals surface area contributed by atoms with Crippen molar-refractivity contribution in [2.24, 2.45) is 0 Å². The van der Waals surface area contributed by atoms with Crippen molar-refractivity contribution in [2.45, 2.75) is 18.8 Å². The first-order valence-electron chi connectivity index (χ1n) is 6.62. The molecule has 0 radical (unpaired) electrons. The van der Waals surface area contributed by atoms with Gasteiger partial charge in [-0.05, 0) is 5.56 Å². The number of rotatable bonds is 4. The van der Waals surface area contributed by atoms with Crippen LogP contribution in [0.4, 0.5) is 13.2 Å². The van der Waals surface area contributed by atoms with Crippen LogP contribution >= 0.6 is 0 Å². The summed E-state index contributed by atoms with van der Waals surface area (Å²) in [6.45, 7) is -1.60. The molecule has 2 amide bonds. The third-order valence-corrected chi connectivity index (χ3v) is 3.16. The van der Waals surface area contributed by atoms with Crippen LogP contribution in [0.2, 0.25) is 0 Å². The molecule has 1 aliphatic heterocycles. The zero-order valence-electron chi connectivity index (χ0n) is 11.6. The highest BCUT2D eigenvalue weighted by molar-refractivity contribution is 5.89. The van der Waals surface area contributed by atoms with Crippen molar-refractivity contribution in [1.29, 1.82) is 0 Å². The smallest absolute Gasteiger partial charge is 0.369 e. The van der Waals surface area contributed by atoms with Crippen LogP contribution < -0.4 is 5.32 Å². The van der Waals surface area contributed by atoms with Crippen molar-refractivity contribution in [2.75, 3.05) is 19.8 Å². The van der Waals surface area contributed by atoms with Crippen LogP contribution in [0.3, 0.4) is 0 Å². The second kappa shape index (κ2) is 6.78. The number of ether oxygens (including phenoxy) is 1. The summed E-state index contributed by atoms with van der Waals surface area (Å²) in [5, 5.41) is 1.79. The predicted octanol–water partition coefficient (Wildman–Crippen LogP) is 1.09. The van der Waals surface area contributed by atoms with Crippen molar-refractivity contribution >= 4 is 11.8 Å². The molecular formula is C14H15F3N2O3. The van der Waals surface area contributed by atoms with E-state index >= 15 is 0 Å². The van der Waals surface area contributed by atoms with E-state index < -0.39 is 30.6 Å². The average Bonchev–Trinajstić information content (AvgIpc) is 2.47. The van der Waals surface area contributed by atoms with Gasteiger partial charge in [0.05, 0.1) is 6.61 Å². The summed E-state index contributed by atoms with van der Waals surface area (Å²) in [6, 6.07) is 7.83. The molecule has 1 heterocycles. The zero-order valence-corrected chi connectivity index (χ0v) is 11.6. The summed E-state index contributed by atoms with van der Waals surface area (Å²) < 4.78 is 41.5. The van der Waals surface area contributed by atoms with E-state index in [0.717, 1.165) is 5.56 Å². The average molecular weight is 316 g/mol. The zero-order chi connectivity index (χ0) is 16.2. The molecule has 0 aliphatic carbocycles. The molecular weight excluding hydrogens is 301 g/mol. The summed E-state index contributed by atoms with van der Waals surface area (Å²) in [6.07, 6.45) is -4.50. The lowest BCUT2D eigenvalue weighted by atomic mass is 10.1. The molecule has 1 atom stereocenters. The van der Waals surface area contributed by atoms with E-state index in [1.165, 1.54) is 4.90 Å². The van der Waals surface area contributed by atoms with Gasteiger partial charge < -0.3 is 15.0 Å². The highest BCUT2D eigenvalue weighted by Gasteiger charge is 2.36. The van der Waals surface area contributed by atoms with Gasteiger partial charge in [0.25, 0.3) is 0 Å². The Morgan fingerprint density at radius 2 is 2.00 bits per heavy atom. The number of hydrogen-bond acceptors (Lipinski definition) is 3. The minimum absolute atomic E-state index is 0.123. The van der Waals surface area contributed by atoms with Gasteiger partial charge in [-0.2, -0.15) is 13.2 Å². The molecule has 22 heavy (non-hydrogen) atoms. The maximum Gasteiger partial charge on any atom is 0.405 e. The molecule has 8 heteroatoms. The summed E-state index contributed by atoms with van der Waals surface area (Å²) >= 11 is 0. The maximum atomic E-state index is 12.2. The molecule has 1 fully saturated rings. The highest BCUT2D eigenvalue weighted by Crippen LogP contribution is 2.16. The molecule has 0 bridgehead atoms. The van der Waals surface area contributed by atoms with Gasteiger partial charge in [0.1, 0.15) is 19.2 Å². The molecule has 0 saturated carbocycles. The molecule has 0 unspecified atom stereocenters. The van der Waals surface area contributed by atoms with Crippen LogP contribution in [0.5, 0.6) is 0 Å². The summed E-state index contributed by atoms with van der Waals surface area (Å²) in [5.41, 5.74) is 0.784. The van der Waals surface area contributed by atoms with Crippen molar-refractivity contribution in [3.8, 4) is 0 Å². The molecule has 1 aromatic carbocycles. The number of carbonyl (C=O) groups is 2. The Labute approximate surface area is 125 Å². The first kappa shape index (κ1) is 16.3. The van der Waals surface area contributed by atoms with Gasteiger partial charge in [-0.25, -0.2) is 0 Å². The van der Waals surface area contributed by atoms with Gasteiger partial charge in [-0.15, -0.1) is 0 Å². The van der Waals surface area contributed by atoms with Crippen molar-refractivity contribution < 1.29 is 27.5 Å². The van der Waals surface area contributed by atoms with Crippen LogP contribution in [0.25, 0.3) is 0 Å². The topological polar surface area (TPSA) is 58.6 Å². The van der Waals surface area contributed by atoms with Gasteiger partial charge >= 0.3 is 6.18 Å². The minimum atomic E-state index is -4.50. The van der Waals surface area contributed by atoms with Gasteiger partial charge in [-0.1, -0.05) is 30.3 Å². The molecule has 1 aliphatic rings. The van der Waals surface area contributed by atoms with Gasteiger partial charge in [0.2, 0.25) is 11.8 Å². The number of carbonyl (C=O) groups excluding carboxylic acids is 2. The maximum absolute atomic E-state index is 12.2. The normalized spacial score (nSPS) is 19.1. The third kappa shape index (κ3) is 4.45. The number of morpholine rings is 1. The highest BCUT2D eigenvalue weighted by atomic mass is 19.4. The fourth-order valence-corrected chi connectivity index (χ4v) is 2.11. The van der Waals surface area contributed by atoms with E-state index in [9.17, 15) is 22.8 Å². The van der Waals surface area contributed by atoms with Crippen molar-refractivity contribution in [3.63, 3.8) is 0 Å². The lowest BCUT2D eigenvalue weighted by Crippen LogP contribution is -2.56. The van der Waals surface area contributed by atoms with Gasteiger partial charge in [0, 0.05) is 6.54 Å². The Kier molecular flexibility index (Phi) is 5.02. The lowest BCUT2D eigenvalue weighted by molar-refractivity contribution is -0.158. The molecule has 0 spiro atoms. The number of nitrogens with one attached hydrogen (secondary N) is 1. The van der Waals surface area contributed by atoms with Crippen LogP contribution in [0.15, 0.2) is 30.3 Å². The summed E-state index contributed by atoms with van der Waals surface area (Å²) in [5.74, 6) is -1.30. The molecule has 1 N–H and O–H groups in total. The van der Waals surface area contributed by atoms with Crippen molar-refractivity contribution in [1.82, 2.24) is 10.2 Å². The molecule has 120 valence electrons. The lowest BCUT2D eigenvalue weighted by Gasteiger charge is -2.34. The summed E-state index contributed by atoms with van der Waals surface area (Å²) in [4.78, 5) is 25.1. The predicted molar refractivity (Wildman–Crippen MR) is 70.7 cm³/mol. The van der Waals surface area contributed by atoms with E-state index in [4.69, 9.17) is 4.74 Å². The quantitative estimate of drug-likeness (QED) is 0.905. The molecule has 1 saturated heterocycles. The fourth-order valence-electron chi connectivity index (χ4n) is 2.11.